The Morgan fingerprint density at radius 2 is 1.84 bits per heavy atom. The Morgan fingerprint density at radius 1 is 1.09 bits per heavy atom. The maximum atomic E-state index is 12.8. The first-order valence-corrected chi connectivity index (χ1v) is 10.4. The Morgan fingerprint density at radius 3 is 2.50 bits per heavy atom. The van der Waals surface area contributed by atoms with Crippen molar-refractivity contribution in [1.82, 2.24) is 35.0 Å². The van der Waals surface area contributed by atoms with E-state index in [9.17, 15) is 9.59 Å². The van der Waals surface area contributed by atoms with Crippen LogP contribution >= 0.6 is 0 Å². The van der Waals surface area contributed by atoms with Crippen molar-refractivity contribution in [3.63, 3.8) is 0 Å². The van der Waals surface area contributed by atoms with E-state index in [1.165, 1.54) is 0 Å². The van der Waals surface area contributed by atoms with Crippen LogP contribution in [0.4, 0.5) is 0 Å². The van der Waals surface area contributed by atoms with Gasteiger partial charge in [-0.1, -0.05) is 67.6 Å². The van der Waals surface area contributed by atoms with Crippen molar-refractivity contribution in [3.05, 3.63) is 82.6 Å². The third-order valence-corrected chi connectivity index (χ3v) is 5.13. The number of H-pyrrole nitrogens is 1. The molecule has 4 aromatic rings. The molecule has 0 unspecified atom stereocenters. The van der Waals surface area contributed by atoms with Crippen molar-refractivity contribution in [3.8, 4) is 22.5 Å². The Bertz CT molecular complexity index is 1300. The fourth-order valence-corrected chi connectivity index (χ4v) is 3.46. The summed E-state index contributed by atoms with van der Waals surface area (Å²) in [6.45, 7) is 3.95. The molecule has 0 fully saturated rings. The lowest BCUT2D eigenvalue weighted by Gasteiger charge is -2.09. The zero-order chi connectivity index (χ0) is 22.5. The number of benzene rings is 2. The number of hydrogen-bond acceptors (Lipinski definition) is 6. The molecule has 1 N–H and O–H groups in total. The molecule has 0 bridgehead atoms. The summed E-state index contributed by atoms with van der Waals surface area (Å²) in [5, 5.41) is 18.6. The van der Waals surface area contributed by atoms with Gasteiger partial charge in [0.15, 0.2) is 0 Å². The van der Waals surface area contributed by atoms with Gasteiger partial charge in [-0.3, -0.25) is 9.36 Å². The smallest absolute Gasteiger partial charge is 0.274 e. The van der Waals surface area contributed by atoms with Crippen LogP contribution in [0.15, 0.2) is 65.5 Å². The van der Waals surface area contributed by atoms with E-state index in [4.69, 9.17) is 0 Å². The van der Waals surface area contributed by atoms with E-state index in [0.717, 1.165) is 26.9 Å². The van der Waals surface area contributed by atoms with E-state index >= 15 is 0 Å². The van der Waals surface area contributed by atoms with Gasteiger partial charge in [0, 0.05) is 18.4 Å². The minimum atomic E-state index is -0.414. The molecule has 4 rings (SSSR count). The molecule has 0 saturated carbocycles. The Labute approximate surface area is 184 Å². The quantitative estimate of drug-likeness (QED) is 0.452. The number of nitrogens with zero attached hydrogens (tertiary/aromatic N) is 6. The minimum Gasteiger partial charge on any atom is -0.274 e. The van der Waals surface area contributed by atoms with Crippen LogP contribution in [0.5, 0.6) is 0 Å². The first-order valence-electron chi connectivity index (χ1n) is 10.4. The van der Waals surface area contributed by atoms with Gasteiger partial charge < -0.3 is 0 Å². The summed E-state index contributed by atoms with van der Waals surface area (Å²) in [5.41, 5.74) is 3.36. The molecule has 0 amide bonds. The van der Waals surface area contributed by atoms with E-state index in [2.05, 4.69) is 25.7 Å². The standard InChI is InChI=1S/C23H23N7O2/c1-3-5-10-20-26-30(21(31)4-2)23(32)29(20)15-16-11-13-17(14-12-16)18-8-6-7-9-19(18)22-24-27-28-25-22/h3,5-9,11-14H,4,10,15H2,1-2H3,(H,24,25,27,28)/b5-3+. The van der Waals surface area contributed by atoms with Gasteiger partial charge >= 0.3 is 5.69 Å². The Kier molecular flexibility index (Phi) is 6.16. The van der Waals surface area contributed by atoms with Crippen LogP contribution in [0.3, 0.4) is 0 Å². The van der Waals surface area contributed by atoms with E-state index in [1.807, 2.05) is 67.6 Å². The van der Waals surface area contributed by atoms with E-state index in [1.54, 1.807) is 11.5 Å². The fraction of sp³-hybridized carbons (Fsp3) is 0.217. The largest absolute Gasteiger partial charge is 0.353 e. The Balaban J connectivity index is 1.65. The van der Waals surface area contributed by atoms with Gasteiger partial charge in [-0.25, -0.2) is 4.79 Å². The molecule has 9 nitrogen and oxygen atoms in total. The summed E-state index contributed by atoms with van der Waals surface area (Å²) >= 11 is 0. The third kappa shape index (κ3) is 4.18. The van der Waals surface area contributed by atoms with Crippen molar-refractivity contribution in [1.29, 1.82) is 0 Å². The molecule has 32 heavy (non-hydrogen) atoms. The lowest BCUT2D eigenvalue weighted by Crippen LogP contribution is -2.29. The van der Waals surface area contributed by atoms with Gasteiger partial charge in [-0.15, -0.1) is 20.0 Å². The van der Waals surface area contributed by atoms with Crippen molar-refractivity contribution in [2.45, 2.75) is 33.2 Å². The molecule has 0 atom stereocenters. The maximum absolute atomic E-state index is 12.8. The third-order valence-electron chi connectivity index (χ3n) is 5.13. The molecule has 9 heteroatoms. The molecule has 0 aliphatic carbocycles. The van der Waals surface area contributed by atoms with Gasteiger partial charge in [0.2, 0.25) is 5.82 Å². The lowest BCUT2D eigenvalue weighted by atomic mass is 9.98. The monoisotopic (exact) mass is 429 g/mol. The van der Waals surface area contributed by atoms with Crippen LogP contribution < -0.4 is 5.69 Å². The van der Waals surface area contributed by atoms with Crippen molar-refractivity contribution < 1.29 is 4.79 Å². The summed E-state index contributed by atoms with van der Waals surface area (Å²) in [6, 6.07) is 15.7. The number of hydrogen-bond donors (Lipinski definition) is 1. The average molecular weight is 429 g/mol. The fourth-order valence-electron chi connectivity index (χ4n) is 3.46. The van der Waals surface area contributed by atoms with Gasteiger partial charge in [0.05, 0.1) is 6.54 Å². The van der Waals surface area contributed by atoms with Crippen LogP contribution in [0.1, 0.15) is 36.5 Å². The highest BCUT2D eigenvalue weighted by atomic mass is 16.2. The van der Waals surface area contributed by atoms with Crippen LogP contribution in [0, 0.1) is 0 Å². The number of carbonyl (C=O) groups excluding carboxylic acids is 1. The summed E-state index contributed by atoms with van der Waals surface area (Å²) in [7, 11) is 0. The zero-order valence-corrected chi connectivity index (χ0v) is 17.9. The average Bonchev–Trinajstić information content (AvgIpc) is 3.47. The summed E-state index contributed by atoms with van der Waals surface area (Å²) in [5.74, 6) is 0.767. The second kappa shape index (κ2) is 9.34. The normalized spacial score (nSPS) is 11.3. The number of carbonyl (C=O) groups is 1. The highest BCUT2D eigenvalue weighted by molar-refractivity contribution is 5.80. The molecule has 162 valence electrons. The molecular weight excluding hydrogens is 406 g/mol. The molecule has 0 aliphatic rings. The number of aromatic amines is 1. The SMILES string of the molecule is C/C=C/Cc1nn(C(=O)CC)c(=O)n1Cc1ccc(-c2ccccc2-c2nn[nH]n2)cc1. The van der Waals surface area contributed by atoms with E-state index < -0.39 is 5.69 Å². The van der Waals surface area contributed by atoms with E-state index in [-0.39, 0.29) is 12.3 Å². The first kappa shape index (κ1) is 21.1. The molecule has 0 spiro atoms. The number of tetrazole rings is 1. The van der Waals surface area contributed by atoms with Gasteiger partial charge in [0.1, 0.15) is 5.82 Å². The molecule has 2 aromatic carbocycles. The van der Waals surface area contributed by atoms with Gasteiger partial charge in [0.25, 0.3) is 5.91 Å². The Hall–Kier alpha value is -4.14. The van der Waals surface area contributed by atoms with E-state index in [0.29, 0.717) is 24.6 Å². The number of aromatic nitrogens is 7. The minimum absolute atomic E-state index is 0.217. The molecule has 0 aliphatic heterocycles. The first-order chi connectivity index (χ1) is 15.6. The predicted octanol–water partition coefficient (Wildman–Crippen LogP) is 3.11. The molecular formula is C23H23N7O2. The predicted molar refractivity (Wildman–Crippen MR) is 120 cm³/mol. The van der Waals surface area contributed by atoms with Crippen molar-refractivity contribution in [2.24, 2.45) is 0 Å². The second-order valence-electron chi connectivity index (χ2n) is 7.20. The number of nitrogens with one attached hydrogen (secondary N) is 1. The number of allylic oxidation sites excluding steroid dienone is 2. The topological polar surface area (TPSA) is 111 Å². The zero-order valence-electron chi connectivity index (χ0n) is 17.9. The van der Waals surface area contributed by atoms with Crippen LogP contribution in [0.25, 0.3) is 22.5 Å². The van der Waals surface area contributed by atoms with Gasteiger partial charge in [-0.05, 0) is 28.8 Å². The summed E-state index contributed by atoms with van der Waals surface area (Å²) < 4.78 is 2.52. The lowest BCUT2D eigenvalue weighted by molar-refractivity contribution is 0.0887. The molecule has 2 aromatic heterocycles. The number of rotatable bonds is 7. The van der Waals surface area contributed by atoms with Gasteiger partial charge in [-0.2, -0.15) is 5.21 Å². The summed E-state index contributed by atoms with van der Waals surface area (Å²) in [4.78, 5) is 24.9. The second-order valence-corrected chi connectivity index (χ2v) is 7.20. The maximum Gasteiger partial charge on any atom is 0.353 e. The van der Waals surface area contributed by atoms with Crippen molar-refractivity contribution in [2.75, 3.05) is 0 Å². The molecule has 0 radical (unpaired) electrons. The highest BCUT2D eigenvalue weighted by Gasteiger charge is 2.17. The molecule has 2 heterocycles. The highest BCUT2D eigenvalue weighted by Crippen LogP contribution is 2.29. The summed E-state index contributed by atoms with van der Waals surface area (Å²) in [6.07, 6.45) is 4.50. The van der Waals surface area contributed by atoms with Crippen LogP contribution in [-0.4, -0.2) is 40.9 Å². The van der Waals surface area contributed by atoms with Crippen LogP contribution in [-0.2, 0) is 13.0 Å². The van der Waals surface area contributed by atoms with Crippen LogP contribution in [0.2, 0.25) is 0 Å². The van der Waals surface area contributed by atoms with Crippen molar-refractivity contribution >= 4 is 5.91 Å². The molecule has 0 saturated heterocycles.